The maximum atomic E-state index is 12.0. The molecule has 3 rings (SSSR count). The Morgan fingerprint density at radius 2 is 0.506 bits per heavy atom. The van der Waals surface area contributed by atoms with Crippen molar-refractivity contribution >= 4 is 11.4 Å². The molecule has 0 radical (unpaired) electrons. The zero-order valence-corrected chi connectivity index (χ0v) is 57.0. The van der Waals surface area contributed by atoms with Gasteiger partial charge in [-0.2, -0.15) is 12.8 Å². The third kappa shape index (κ3) is 43.5. The van der Waals surface area contributed by atoms with Crippen molar-refractivity contribution in [2.45, 2.75) is 388 Å². The van der Waals surface area contributed by atoms with Gasteiger partial charge in [0.1, 0.15) is 0 Å². The van der Waals surface area contributed by atoms with E-state index in [1.165, 1.54) is 316 Å². The summed E-state index contributed by atoms with van der Waals surface area (Å²) in [6.07, 6.45) is 73.3. The minimum Gasteiger partial charge on any atom is -0.493 e. The van der Waals surface area contributed by atoms with Gasteiger partial charge in [-0.05, 0) is 86.8 Å². The van der Waals surface area contributed by atoms with Crippen LogP contribution in [-0.4, -0.2) is 4.70 Å². The van der Waals surface area contributed by atoms with E-state index in [0.717, 1.165) is 75.6 Å². The van der Waals surface area contributed by atoms with Gasteiger partial charge in [-0.25, -0.2) is 4.70 Å². The van der Waals surface area contributed by atoms with Gasteiger partial charge >= 0.3 is 20.4 Å². The van der Waals surface area contributed by atoms with E-state index < -0.39 is 0 Å². The molecule has 0 spiro atoms. The minimum absolute atomic E-state index is 0. The molecule has 0 bridgehead atoms. The van der Waals surface area contributed by atoms with Crippen molar-refractivity contribution in [2.24, 2.45) is 0 Å². The van der Waals surface area contributed by atoms with Crippen LogP contribution in [0.2, 0.25) is 0 Å². The predicted octanol–water partition coefficient (Wildman–Crippen LogP) is 28.0. The number of hydrogen-bond acceptors (Lipinski definition) is 0. The first-order valence-corrected chi connectivity index (χ1v) is 36.2. The van der Waals surface area contributed by atoms with Crippen LogP contribution in [-0.2, 0) is 33.3 Å². The van der Waals surface area contributed by atoms with E-state index in [4.69, 9.17) is 0 Å². The zero-order valence-electron chi connectivity index (χ0n) is 55.4. The molecule has 0 atom stereocenters. The van der Waals surface area contributed by atoms with Crippen molar-refractivity contribution < 1.29 is 25.1 Å². The molecule has 1 aliphatic rings. The molecule has 0 saturated heterocycles. The summed E-state index contributed by atoms with van der Waals surface area (Å²) >= 11 is 0. The Labute approximate surface area is 522 Å². The largest absolute Gasteiger partial charge is 2.00 e. The molecule has 81 heavy (non-hydrogen) atoms. The monoisotopic (exact) mass is 1210 g/mol. The maximum absolute atomic E-state index is 12.0. The summed E-state index contributed by atoms with van der Waals surface area (Å²) in [5, 5.41) is 0. The van der Waals surface area contributed by atoms with Gasteiger partial charge in [0.2, 0.25) is 11.4 Å². The van der Waals surface area contributed by atoms with E-state index in [1.807, 2.05) is 0 Å². The molecule has 2 nitrogen and oxygen atoms in total. The van der Waals surface area contributed by atoms with Crippen LogP contribution in [0.4, 0.5) is 0 Å². The normalized spacial score (nSPS) is 12.2. The third-order valence-electron chi connectivity index (χ3n) is 17.2. The Bertz CT molecular complexity index is 1560. The van der Waals surface area contributed by atoms with Crippen LogP contribution in [0.15, 0.2) is 59.7 Å². The summed E-state index contributed by atoms with van der Waals surface area (Å²) in [4.78, 5) is 0. The fraction of sp³-hybridized carbons (Fsp3) is 0.769. The van der Waals surface area contributed by atoms with Gasteiger partial charge in [0.25, 0.3) is 0 Å². The summed E-state index contributed by atoms with van der Waals surface area (Å²) in [5.41, 5.74) is 21.9. The summed E-state index contributed by atoms with van der Waals surface area (Å²) in [7, 11) is 0. The van der Waals surface area contributed by atoms with E-state index in [1.54, 1.807) is 4.70 Å². The molecule has 0 unspecified atom stereocenters. The molecule has 0 saturated carbocycles. The molecule has 470 valence electrons. The molecule has 0 amide bonds. The van der Waals surface area contributed by atoms with Crippen LogP contribution in [0.25, 0.3) is 16.9 Å². The van der Waals surface area contributed by atoms with Crippen molar-refractivity contribution in [1.82, 2.24) is 0 Å². The van der Waals surface area contributed by atoms with Crippen molar-refractivity contribution in [1.29, 1.82) is 0 Å². The van der Waals surface area contributed by atoms with E-state index in [-0.39, 0.29) is 20.4 Å². The number of unbranched alkanes of at least 4 members (excludes halogenated alkanes) is 44. The molecular weight excluding hydrogens is 1070 g/mol. The molecule has 0 fully saturated rings. The summed E-state index contributed by atoms with van der Waals surface area (Å²) in [5.74, 6) is 0. The number of hydrogen-bond donors (Lipinski definition) is 0. The van der Waals surface area contributed by atoms with Crippen molar-refractivity contribution in [3.63, 3.8) is 0 Å². The molecule has 0 aromatic heterocycles. The van der Waals surface area contributed by atoms with Gasteiger partial charge in [-0.1, -0.05) is 348 Å². The first-order valence-electron chi connectivity index (χ1n) is 36.2. The predicted molar refractivity (Wildman–Crippen MR) is 363 cm³/mol. The summed E-state index contributed by atoms with van der Waals surface area (Å²) in [6, 6.07) is 18.1. The number of allylic oxidation sites excluding steroid dienone is 2. The van der Waals surface area contributed by atoms with Crippen LogP contribution in [0.3, 0.4) is 0 Å². The van der Waals surface area contributed by atoms with Gasteiger partial charge in [-0.15, -0.1) is 0 Å². The van der Waals surface area contributed by atoms with Gasteiger partial charge in [0.05, 0.1) is 0 Å². The Morgan fingerprint density at radius 3 is 0.741 bits per heavy atom. The quantitative estimate of drug-likeness (QED) is 0.0273. The first kappa shape index (κ1) is 79.2. The molecular formula is C78H138N2Pd. The topological polar surface area (TPSA) is 25.3 Å². The van der Waals surface area contributed by atoms with E-state index in [0.29, 0.717) is 0 Å². The van der Waals surface area contributed by atoms with Crippen LogP contribution >= 0.6 is 0 Å². The van der Waals surface area contributed by atoms with Crippen LogP contribution in [0.5, 0.6) is 0 Å². The number of nitrogens with zero attached hydrogens (tertiary/aromatic N) is 2. The average molecular weight is 1210 g/mol. The SMILES string of the molecule is CCCCCCCCc1cccc(C2=C(CCCC)C(CCCC)=C(c3cccc(CCCCCCCC)c3)[N+]2=[N-])c1.[CH2-]CCCCCCCCCCCCCCCCCC.[CH2-]CCCCCCCCCCCCCCCCCC.[Pd+2]. The standard InChI is InChI=1S/C40H60N2.2C19H39.Pd/c1-5-9-13-15-17-19-23-33-25-21-27-35(31-33)39-37(29-11-7-3)38(30-12-8-4)40(42(39)41)36-28-22-26-34(32-36)24-20-18-16-14-10-6-2;2*1-3-5-7-9-11-13-15-17-19-18-16-14-12-10-8-6-4-2;/h21-22,25-28,31-32H,5-20,23-24,29-30H2,1-4H3;2*1,3-19H2,2H3;/q;2*-1;+2. The summed E-state index contributed by atoms with van der Waals surface area (Å²) in [6.45, 7) is 21.5. The average Bonchev–Trinajstić information content (AvgIpc) is 3.76. The molecule has 2 aromatic carbocycles. The zero-order chi connectivity index (χ0) is 58.0. The maximum Gasteiger partial charge on any atom is 2.00 e. The Balaban J connectivity index is 0.00000137. The minimum atomic E-state index is 0. The van der Waals surface area contributed by atoms with Gasteiger partial charge in [-0.3, -0.25) is 0 Å². The van der Waals surface area contributed by atoms with E-state index in [2.05, 4.69) is 104 Å². The fourth-order valence-electron chi connectivity index (χ4n) is 11.9. The molecule has 1 aliphatic heterocycles. The Kier molecular flexibility index (Phi) is 59.9. The van der Waals surface area contributed by atoms with Gasteiger partial charge in [0, 0.05) is 22.3 Å². The Hall–Kier alpha value is -1.82. The first-order chi connectivity index (χ1) is 39.5. The van der Waals surface area contributed by atoms with Crippen molar-refractivity contribution in [2.75, 3.05) is 0 Å². The van der Waals surface area contributed by atoms with E-state index >= 15 is 0 Å². The number of rotatable bonds is 54. The molecule has 2 aromatic rings. The number of aryl methyl sites for hydroxylation is 2. The second kappa shape index (κ2) is 61.3. The van der Waals surface area contributed by atoms with Crippen LogP contribution in [0.1, 0.15) is 398 Å². The molecule has 1 heterocycles. The smallest absolute Gasteiger partial charge is 0.493 e. The number of benzene rings is 2. The fourth-order valence-corrected chi connectivity index (χ4v) is 11.9. The van der Waals surface area contributed by atoms with E-state index in [9.17, 15) is 5.53 Å². The second-order valence-corrected chi connectivity index (χ2v) is 24.9. The van der Waals surface area contributed by atoms with Gasteiger partial charge in [0.15, 0.2) is 0 Å². The Morgan fingerprint density at radius 1 is 0.284 bits per heavy atom. The van der Waals surface area contributed by atoms with Crippen LogP contribution in [0, 0.1) is 13.8 Å². The van der Waals surface area contributed by atoms with Gasteiger partial charge < -0.3 is 19.4 Å². The molecule has 0 aliphatic carbocycles. The summed E-state index contributed by atoms with van der Waals surface area (Å²) < 4.78 is 1.57. The third-order valence-corrected chi connectivity index (χ3v) is 17.2. The van der Waals surface area contributed by atoms with Crippen molar-refractivity contribution in [3.05, 3.63) is 101 Å². The van der Waals surface area contributed by atoms with Crippen LogP contribution < -0.4 is 0 Å². The molecule has 0 N–H and O–H groups in total. The second-order valence-electron chi connectivity index (χ2n) is 24.9. The van der Waals surface area contributed by atoms with Crippen molar-refractivity contribution in [3.8, 4) is 0 Å². The molecule has 3 heteroatoms.